The van der Waals surface area contributed by atoms with Crippen LogP contribution in [0.3, 0.4) is 0 Å². The van der Waals surface area contributed by atoms with E-state index in [9.17, 15) is 0 Å². The van der Waals surface area contributed by atoms with Crippen molar-refractivity contribution in [1.29, 1.82) is 0 Å². The smallest absolute Gasteiger partial charge is 0.226 e. The summed E-state index contributed by atoms with van der Waals surface area (Å²) in [4.78, 5) is 7.05. The Morgan fingerprint density at radius 2 is 2.00 bits per heavy atom. The van der Waals surface area contributed by atoms with E-state index in [0.29, 0.717) is 5.82 Å². The summed E-state index contributed by atoms with van der Waals surface area (Å²) in [6.07, 6.45) is 4.53. The molecule has 0 spiro atoms. The minimum Gasteiger partial charge on any atom is -0.379 e. The minimum absolute atomic E-state index is 0.703. The van der Waals surface area contributed by atoms with Crippen molar-refractivity contribution in [2.75, 3.05) is 39.4 Å². The van der Waals surface area contributed by atoms with E-state index in [2.05, 4.69) is 44.6 Å². The Morgan fingerprint density at radius 1 is 1.15 bits per heavy atom. The molecule has 0 bridgehead atoms. The van der Waals surface area contributed by atoms with E-state index in [1.807, 2.05) is 0 Å². The Balaban J connectivity index is 1.36. The van der Waals surface area contributed by atoms with E-state index in [0.717, 1.165) is 76.2 Å². The number of aromatic nitrogens is 2. The van der Waals surface area contributed by atoms with Gasteiger partial charge in [0.2, 0.25) is 11.7 Å². The fourth-order valence-corrected chi connectivity index (χ4v) is 3.80. The molecule has 1 aromatic heterocycles. The van der Waals surface area contributed by atoms with Gasteiger partial charge in [-0.3, -0.25) is 4.90 Å². The van der Waals surface area contributed by atoms with Crippen LogP contribution < -0.4 is 5.32 Å². The van der Waals surface area contributed by atoms with Gasteiger partial charge in [-0.05, 0) is 49.9 Å². The van der Waals surface area contributed by atoms with Crippen LogP contribution in [0.2, 0.25) is 0 Å². The molecule has 2 fully saturated rings. The van der Waals surface area contributed by atoms with Crippen LogP contribution in [0.4, 0.5) is 0 Å². The van der Waals surface area contributed by atoms with Gasteiger partial charge < -0.3 is 14.6 Å². The predicted molar refractivity (Wildman–Crippen MR) is 99.7 cm³/mol. The highest BCUT2D eigenvalue weighted by Gasteiger charge is 2.16. The first-order valence-corrected chi connectivity index (χ1v) is 9.79. The van der Waals surface area contributed by atoms with Gasteiger partial charge in [0.1, 0.15) is 0 Å². The van der Waals surface area contributed by atoms with Crippen LogP contribution in [-0.2, 0) is 17.7 Å². The van der Waals surface area contributed by atoms with E-state index in [4.69, 9.17) is 9.26 Å². The number of ether oxygens (including phenoxy) is 1. The van der Waals surface area contributed by atoms with Crippen LogP contribution in [0.1, 0.15) is 30.7 Å². The number of hydrogen-bond acceptors (Lipinski definition) is 6. The Bertz CT molecular complexity index is 691. The molecular weight excluding hydrogens is 328 g/mol. The van der Waals surface area contributed by atoms with Crippen molar-refractivity contribution in [2.45, 2.75) is 32.2 Å². The topological polar surface area (TPSA) is 63.4 Å². The van der Waals surface area contributed by atoms with Crippen LogP contribution in [-0.4, -0.2) is 54.4 Å². The highest BCUT2D eigenvalue weighted by Crippen LogP contribution is 2.21. The van der Waals surface area contributed by atoms with Crippen LogP contribution in [0.25, 0.3) is 11.4 Å². The molecule has 2 aliphatic rings. The SMILES string of the molecule is c1cc(CN2CCOCC2)cc(-c2noc(CCC3CCNCC3)n2)c1. The average Bonchev–Trinajstić information content (AvgIpc) is 3.17. The van der Waals surface area contributed by atoms with Gasteiger partial charge in [0, 0.05) is 31.6 Å². The van der Waals surface area contributed by atoms with Gasteiger partial charge in [0.15, 0.2) is 0 Å². The second-order valence-corrected chi connectivity index (χ2v) is 7.33. The molecule has 0 saturated carbocycles. The zero-order valence-corrected chi connectivity index (χ0v) is 15.3. The summed E-state index contributed by atoms with van der Waals surface area (Å²) in [5.74, 6) is 2.25. The molecule has 2 aromatic rings. The van der Waals surface area contributed by atoms with Crippen LogP contribution in [0.15, 0.2) is 28.8 Å². The van der Waals surface area contributed by atoms with Crippen LogP contribution >= 0.6 is 0 Å². The average molecular weight is 356 g/mol. The van der Waals surface area contributed by atoms with Crippen LogP contribution in [0.5, 0.6) is 0 Å². The maximum absolute atomic E-state index is 5.50. The highest BCUT2D eigenvalue weighted by molar-refractivity contribution is 5.55. The lowest BCUT2D eigenvalue weighted by Crippen LogP contribution is -2.35. The quantitative estimate of drug-likeness (QED) is 0.858. The summed E-state index contributed by atoms with van der Waals surface area (Å²) in [7, 11) is 0. The number of nitrogens with one attached hydrogen (secondary N) is 1. The third-order valence-electron chi connectivity index (χ3n) is 5.39. The fraction of sp³-hybridized carbons (Fsp3) is 0.600. The molecule has 6 heteroatoms. The monoisotopic (exact) mass is 356 g/mol. The molecule has 26 heavy (non-hydrogen) atoms. The van der Waals surface area contributed by atoms with Gasteiger partial charge in [-0.25, -0.2) is 0 Å². The molecule has 1 N–H and O–H groups in total. The predicted octanol–water partition coefficient (Wildman–Crippen LogP) is 2.50. The summed E-state index contributed by atoms with van der Waals surface area (Å²) in [6, 6.07) is 8.48. The molecule has 0 atom stereocenters. The summed E-state index contributed by atoms with van der Waals surface area (Å²) in [6.45, 7) is 6.85. The first kappa shape index (κ1) is 17.6. The van der Waals surface area contributed by atoms with Gasteiger partial charge in [0.25, 0.3) is 0 Å². The third-order valence-corrected chi connectivity index (χ3v) is 5.39. The molecule has 0 unspecified atom stereocenters. The van der Waals surface area contributed by atoms with E-state index < -0.39 is 0 Å². The summed E-state index contributed by atoms with van der Waals surface area (Å²) in [5.41, 5.74) is 2.32. The number of morpholine rings is 1. The lowest BCUT2D eigenvalue weighted by Gasteiger charge is -2.26. The second-order valence-electron chi connectivity index (χ2n) is 7.33. The van der Waals surface area contributed by atoms with Gasteiger partial charge in [-0.1, -0.05) is 23.4 Å². The molecule has 1 aromatic carbocycles. The van der Waals surface area contributed by atoms with Gasteiger partial charge >= 0.3 is 0 Å². The van der Waals surface area contributed by atoms with E-state index >= 15 is 0 Å². The van der Waals surface area contributed by atoms with Crippen LogP contribution in [0, 0.1) is 5.92 Å². The van der Waals surface area contributed by atoms with Gasteiger partial charge in [-0.15, -0.1) is 0 Å². The molecule has 2 saturated heterocycles. The zero-order valence-electron chi connectivity index (χ0n) is 15.3. The van der Waals surface area contributed by atoms with E-state index in [1.54, 1.807) is 0 Å². The summed E-state index contributed by atoms with van der Waals surface area (Å²) >= 11 is 0. The highest BCUT2D eigenvalue weighted by atomic mass is 16.5. The number of rotatable bonds is 6. The first-order chi connectivity index (χ1) is 12.9. The largest absolute Gasteiger partial charge is 0.379 e. The standard InChI is InChI=1S/C20H28N4O2/c1-2-17(15-24-10-12-25-13-11-24)14-18(3-1)20-22-19(26-23-20)5-4-16-6-8-21-9-7-16/h1-3,14,16,21H,4-13,15H2. The lowest BCUT2D eigenvalue weighted by molar-refractivity contribution is 0.0342. The van der Waals surface area contributed by atoms with Crippen molar-refractivity contribution >= 4 is 0 Å². The molecule has 2 aliphatic heterocycles. The third kappa shape index (κ3) is 4.69. The maximum Gasteiger partial charge on any atom is 0.226 e. The Labute approximate surface area is 154 Å². The Kier molecular flexibility index (Phi) is 5.94. The molecule has 0 radical (unpaired) electrons. The molecular formula is C20H28N4O2. The second kappa shape index (κ2) is 8.75. The normalized spacial score (nSPS) is 19.7. The van der Waals surface area contributed by atoms with Crippen molar-refractivity contribution in [3.05, 3.63) is 35.7 Å². The summed E-state index contributed by atoms with van der Waals surface area (Å²) in [5, 5.41) is 7.62. The molecule has 0 amide bonds. The summed E-state index contributed by atoms with van der Waals surface area (Å²) < 4.78 is 10.9. The van der Waals surface area contributed by atoms with Crippen molar-refractivity contribution in [3.63, 3.8) is 0 Å². The van der Waals surface area contributed by atoms with Crippen molar-refractivity contribution in [1.82, 2.24) is 20.4 Å². The molecule has 140 valence electrons. The lowest BCUT2D eigenvalue weighted by atomic mass is 9.93. The number of hydrogen-bond donors (Lipinski definition) is 1. The Hall–Kier alpha value is -1.76. The molecule has 6 nitrogen and oxygen atoms in total. The number of benzene rings is 1. The van der Waals surface area contributed by atoms with Crippen molar-refractivity contribution in [2.24, 2.45) is 5.92 Å². The van der Waals surface area contributed by atoms with Crippen molar-refractivity contribution < 1.29 is 9.26 Å². The molecule has 4 rings (SSSR count). The number of aryl methyl sites for hydroxylation is 1. The molecule has 0 aliphatic carbocycles. The van der Waals surface area contributed by atoms with E-state index in [-0.39, 0.29) is 0 Å². The zero-order chi connectivity index (χ0) is 17.6. The van der Waals surface area contributed by atoms with Crippen molar-refractivity contribution in [3.8, 4) is 11.4 Å². The Morgan fingerprint density at radius 3 is 2.85 bits per heavy atom. The maximum atomic E-state index is 5.50. The minimum atomic E-state index is 0.703. The van der Waals surface area contributed by atoms with E-state index in [1.165, 1.54) is 18.4 Å². The molecule has 3 heterocycles. The first-order valence-electron chi connectivity index (χ1n) is 9.79. The van der Waals surface area contributed by atoms with Gasteiger partial charge in [0.05, 0.1) is 13.2 Å². The number of nitrogens with zero attached hydrogens (tertiary/aromatic N) is 3. The fourth-order valence-electron chi connectivity index (χ4n) is 3.80. The number of piperidine rings is 1. The van der Waals surface area contributed by atoms with Gasteiger partial charge in [-0.2, -0.15) is 4.98 Å².